The smallest absolute Gasteiger partial charge is 0.311 e. The number of aromatic nitrogens is 1. The van der Waals surface area contributed by atoms with E-state index in [0.717, 1.165) is 25.7 Å². The molecule has 0 aliphatic heterocycles. The number of benzene rings is 1. The van der Waals surface area contributed by atoms with E-state index in [-0.39, 0.29) is 11.7 Å². The molecule has 0 saturated heterocycles. The highest BCUT2D eigenvalue weighted by Crippen LogP contribution is 2.38. The van der Waals surface area contributed by atoms with Crippen LogP contribution >= 0.6 is 0 Å². The van der Waals surface area contributed by atoms with E-state index in [0.29, 0.717) is 23.0 Å². The quantitative estimate of drug-likeness (QED) is 0.649. The van der Waals surface area contributed by atoms with Gasteiger partial charge in [-0.05, 0) is 25.3 Å². The number of nitrogens with one attached hydrogen (secondary N) is 1. The van der Waals surface area contributed by atoms with Crippen molar-refractivity contribution in [2.75, 3.05) is 5.32 Å². The maximum Gasteiger partial charge on any atom is 0.311 e. The number of para-hydroxylation sites is 1. The first-order chi connectivity index (χ1) is 11.0. The minimum absolute atomic E-state index is 0.0521. The minimum Gasteiger partial charge on any atom is -0.388 e. The molecule has 2 N–H and O–H groups in total. The molecule has 0 radical (unpaired) electrons. The van der Waals surface area contributed by atoms with E-state index in [4.69, 9.17) is 0 Å². The molecule has 1 fully saturated rings. The first-order valence-corrected chi connectivity index (χ1v) is 8.06. The molecule has 1 aromatic carbocycles. The van der Waals surface area contributed by atoms with Crippen molar-refractivity contribution in [1.82, 2.24) is 4.98 Å². The molecule has 0 amide bonds. The number of aliphatic hydroxyl groups is 1. The van der Waals surface area contributed by atoms with Gasteiger partial charge in [0, 0.05) is 5.39 Å². The van der Waals surface area contributed by atoms with Gasteiger partial charge in [0.05, 0.1) is 22.1 Å². The van der Waals surface area contributed by atoms with Crippen molar-refractivity contribution in [3.05, 3.63) is 40.6 Å². The molecule has 2 aromatic rings. The number of pyridine rings is 1. The Balaban J connectivity index is 2.06. The summed E-state index contributed by atoms with van der Waals surface area (Å²) in [6.07, 6.45) is 5.44. The standard InChI is InChI=1S/C17H21N3O3/c1-2-15(17(21)9-5-6-10-17)19-16-12-7-3-4-8-13(12)18-11-14(16)20(22)23/h3-4,7-8,11,15,21H,2,5-6,9-10H2,1H3,(H,18,19). The van der Waals surface area contributed by atoms with E-state index in [1.54, 1.807) is 0 Å². The lowest BCUT2D eigenvalue weighted by atomic mass is 9.90. The third-order valence-electron chi connectivity index (χ3n) is 4.80. The van der Waals surface area contributed by atoms with Crippen LogP contribution in [0.2, 0.25) is 0 Å². The van der Waals surface area contributed by atoms with Crippen LogP contribution in [0.3, 0.4) is 0 Å². The van der Waals surface area contributed by atoms with E-state index in [9.17, 15) is 15.2 Å². The summed E-state index contributed by atoms with van der Waals surface area (Å²) in [5.74, 6) is 0. The lowest BCUT2D eigenvalue weighted by Crippen LogP contribution is -2.44. The summed E-state index contributed by atoms with van der Waals surface area (Å²) in [5, 5.41) is 26.2. The van der Waals surface area contributed by atoms with Crippen LogP contribution in [0, 0.1) is 10.1 Å². The first-order valence-electron chi connectivity index (χ1n) is 8.06. The van der Waals surface area contributed by atoms with E-state index in [1.165, 1.54) is 6.20 Å². The van der Waals surface area contributed by atoms with Gasteiger partial charge in [-0.25, -0.2) is 4.98 Å². The molecule has 122 valence electrons. The largest absolute Gasteiger partial charge is 0.388 e. The Morgan fingerprint density at radius 2 is 2.09 bits per heavy atom. The lowest BCUT2D eigenvalue weighted by Gasteiger charge is -2.33. The summed E-state index contributed by atoms with van der Waals surface area (Å²) in [6.45, 7) is 1.99. The fourth-order valence-electron chi connectivity index (χ4n) is 3.55. The van der Waals surface area contributed by atoms with E-state index in [1.807, 2.05) is 31.2 Å². The molecule has 6 nitrogen and oxygen atoms in total. The molecule has 1 aliphatic rings. The zero-order chi connectivity index (χ0) is 16.4. The predicted molar refractivity (Wildman–Crippen MR) is 89.5 cm³/mol. The van der Waals surface area contributed by atoms with Crippen LogP contribution in [0.5, 0.6) is 0 Å². The first kappa shape index (κ1) is 15.7. The topological polar surface area (TPSA) is 88.3 Å². The van der Waals surface area contributed by atoms with Crippen LogP contribution in [-0.4, -0.2) is 26.7 Å². The Bertz CT molecular complexity index is 726. The second-order valence-corrected chi connectivity index (χ2v) is 6.21. The van der Waals surface area contributed by atoms with Crippen LogP contribution < -0.4 is 5.32 Å². The van der Waals surface area contributed by atoms with Crippen LogP contribution in [0.4, 0.5) is 11.4 Å². The number of nitro groups is 1. The Kier molecular flexibility index (Phi) is 4.17. The summed E-state index contributed by atoms with van der Waals surface area (Å²) < 4.78 is 0. The zero-order valence-electron chi connectivity index (χ0n) is 13.2. The zero-order valence-corrected chi connectivity index (χ0v) is 13.2. The molecule has 3 rings (SSSR count). The molecular formula is C17H21N3O3. The normalized spacial score (nSPS) is 18.0. The summed E-state index contributed by atoms with van der Waals surface area (Å²) in [5.41, 5.74) is 0.304. The number of rotatable bonds is 5. The van der Waals surface area contributed by atoms with Crippen molar-refractivity contribution in [2.24, 2.45) is 0 Å². The molecule has 1 aliphatic carbocycles. The van der Waals surface area contributed by atoms with Gasteiger partial charge < -0.3 is 10.4 Å². The van der Waals surface area contributed by atoms with Crippen molar-refractivity contribution < 1.29 is 10.0 Å². The van der Waals surface area contributed by atoms with Crippen LogP contribution in [0.15, 0.2) is 30.5 Å². The summed E-state index contributed by atoms with van der Waals surface area (Å²) >= 11 is 0. The van der Waals surface area contributed by atoms with Gasteiger partial charge in [-0.1, -0.05) is 38.0 Å². The predicted octanol–water partition coefficient (Wildman–Crippen LogP) is 3.64. The molecule has 0 bridgehead atoms. The highest BCUT2D eigenvalue weighted by Gasteiger charge is 2.39. The summed E-state index contributed by atoms with van der Waals surface area (Å²) in [4.78, 5) is 15.1. The number of fused-ring (bicyclic) bond motifs is 1. The molecule has 1 aromatic heterocycles. The van der Waals surface area contributed by atoms with Crippen molar-refractivity contribution >= 4 is 22.3 Å². The third-order valence-corrected chi connectivity index (χ3v) is 4.80. The van der Waals surface area contributed by atoms with Gasteiger partial charge in [-0.15, -0.1) is 0 Å². The van der Waals surface area contributed by atoms with Gasteiger partial charge in [0.1, 0.15) is 11.9 Å². The minimum atomic E-state index is -0.799. The molecule has 1 atom stereocenters. The van der Waals surface area contributed by atoms with Crippen molar-refractivity contribution in [1.29, 1.82) is 0 Å². The highest BCUT2D eigenvalue weighted by atomic mass is 16.6. The summed E-state index contributed by atoms with van der Waals surface area (Å²) in [6, 6.07) is 7.13. The van der Waals surface area contributed by atoms with Crippen molar-refractivity contribution in [3.63, 3.8) is 0 Å². The fourth-order valence-corrected chi connectivity index (χ4v) is 3.55. The van der Waals surface area contributed by atoms with Gasteiger partial charge in [0.25, 0.3) is 0 Å². The van der Waals surface area contributed by atoms with Gasteiger partial charge >= 0.3 is 5.69 Å². The maximum absolute atomic E-state index is 11.4. The lowest BCUT2D eigenvalue weighted by molar-refractivity contribution is -0.384. The number of hydrogen-bond donors (Lipinski definition) is 2. The van der Waals surface area contributed by atoms with Crippen LogP contribution in [-0.2, 0) is 0 Å². The van der Waals surface area contributed by atoms with Crippen LogP contribution in [0.25, 0.3) is 10.9 Å². The summed E-state index contributed by atoms with van der Waals surface area (Å²) in [7, 11) is 0. The molecule has 1 unspecified atom stereocenters. The SMILES string of the molecule is CCC(Nc1c([N+](=O)[O-])cnc2ccccc12)C1(O)CCCC1. The van der Waals surface area contributed by atoms with E-state index in [2.05, 4.69) is 10.3 Å². The van der Waals surface area contributed by atoms with Gasteiger partial charge in [-0.3, -0.25) is 10.1 Å². The van der Waals surface area contributed by atoms with Gasteiger partial charge in [0.2, 0.25) is 0 Å². The van der Waals surface area contributed by atoms with E-state index >= 15 is 0 Å². The number of anilines is 1. The molecular weight excluding hydrogens is 294 g/mol. The van der Waals surface area contributed by atoms with Crippen molar-refractivity contribution in [2.45, 2.75) is 50.7 Å². The average Bonchev–Trinajstić information content (AvgIpc) is 2.99. The fraction of sp³-hybridized carbons (Fsp3) is 0.471. The van der Waals surface area contributed by atoms with Gasteiger partial charge in [-0.2, -0.15) is 0 Å². The molecule has 1 heterocycles. The Morgan fingerprint density at radius 1 is 1.39 bits per heavy atom. The number of nitrogens with zero attached hydrogens (tertiary/aromatic N) is 2. The van der Waals surface area contributed by atoms with Gasteiger partial charge in [0.15, 0.2) is 0 Å². The Hall–Kier alpha value is -2.21. The van der Waals surface area contributed by atoms with Crippen molar-refractivity contribution in [3.8, 4) is 0 Å². The third kappa shape index (κ3) is 2.86. The number of hydrogen-bond acceptors (Lipinski definition) is 5. The Morgan fingerprint density at radius 3 is 2.74 bits per heavy atom. The van der Waals surface area contributed by atoms with E-state index < -0.39 is 10.5 Å². The Labute approximate surface area is 134 Å². The molecule has 23 heavy (non-hydrogen) atoms. The molecule has 0 spiro atoms. The molecule has 1 saturated carbocycles. The average molecular weight is 315 g/mol. The monoisotopic (exact) mass is 315 g/mol. The highest BCUT2D eigenvalue weighted by molar-refractivity contribution is 5.95. The maximum atomic E-state index is 11.4. The molecule has 6 heteroatoms. The second-order valence-electron chi connectivity index (χ2n) is 6.21. The van der Waals surface area contributed by atoms with Crippen LogP contribution in [0.1, 0.15) is 39.0 Å². The second kappa shape index (κ2) is 6.12.